The van der Waals surface area contributed by atoms with Crippen LogP contribution in [0, 0.1) is 29.6 Å². The van der Waals surface area contributed by atoms with Gasteiger partial charge in [-0.2, -0.15) is 0 Å². The van der Waals surface area contributed by atoms with Gasteiger partial charge in [-0.15, -0.1) is 0 Å². The number of hydrogen-bond acceptors (Lipinski definition) is 2. The first kappa shape index (κ1) is 13.4. The Bertz CT molecular complexity index is 330. The van der Waals surface area contributed by atoms with Gasteiger partial charge in [0.25, 0.3) is 0 Å². The van der Waals surface area contributed by atoms with E-state index in [1.165, 1.54) is 32.1 Å². The van der Waals surface area contributed by atoms with Gasteiger partial charge in [0, 0.05) is 18.5 Å². The zero-order valence-corrected chi connectivity index (χ0v) is 12.3. The van der Waals surface area contributed by atoms with Crippen LogP contribution in [-0.4, -0.2) is 18.0 Å². The van der Waals surface area contributed by atoms with Crippen LogP contribution in [0.15, 0.2) is 0 Å². The van der Waals surface area contributed by atoms with Gasteiger partial charge in [0.2, 0.25) is 5.91 Å². The first-order valence-electron chi connectivity index (χ1n) is 7.96. The Hall–Kier alpha value is -0.570. The number of hydrogen-bond donors (Lipinski definition) is 2. The normalized spacial score (nSPS) is 40.5. The Labute approximate surface area is 116 Å². The molecule has 3 nitrogen and oxygen atoms in total. The molecule has 0 aliphatic heterocycles. The van der Waals surface area contributed by atoms with E-state index in [2.05, 4.69) is 5.32 Å². The highest BCUT2D eigenvalue weighted by Crippen LogP contribution is 2.57. The zero-order valence-electron chi connectivity index (χ0n) is 12.3. The first-order valence-corrected chi connectivity index (χ1v) is 7.96. The second-order valence-corrected chi connectivity index (χ2v) is 8.06. The van der Waals surface area contributed by atoms with E-state index >= 15 is 0 Å². The number of carbonyl (C=O) groups is 1. The fourth-order valence-electron chi connectivity index (χ4n) is 4.98. The molecule has 0 aromatic rings. The van der Waals surface area contributed by atoms with Crippen LogP contribution in [0.4, 0.5) is 0 Å². The van der Waals surface area contributed by atoms with Crippen molar-refractivity contribution < 1.29 is 4.79 Å². The highest BCUT2D eigenvalue weighted by molar-refractivity contribution is 5.76. The molecule has 108 valence electrons. The van der Waals surface area contributed by atoms with Crippen LogP contribution in [-0.2, 0) is 4.79 Å². The highest BCUT2D eigenvalue weighted by Gasteiger charge is 2.48. The Morgan fingerprint density at radius 1 is 1.11 bits per heavy atom. The molecule has 0 radical (unpaired) electrons. The Morgan fingerprint density at radius 2 is 1.63 bits per heavy atom. The monoisotopic (exact) mass is 264 g/mol. The third-order valence-corrected chi connectivity index (χ3v) is 5.58. The predicted octanol–water partition coefficient (Wildman–Crippen LogP) is 2.30. The van der Waals surface area contributed by atoms with Gasteiger partial charge >= 0.3 is 0 Å². The third-order valence-electron chi connectivity index (χ3n) is 5.58. The van der Waals surface area contributed by atoms with Crippen LogP contribution in [0.2, 0.25) is 0 Å². The number of nitrogens with two attached hydrogens (primary N) is 1. The van der Waals surface area contributed by atoms with Crippen LogP contribution >= 0.6 is 0 Å². The molecule has 19 heavy (non-hydrogen) atoms. The third kappa shape index (κ3) is 2.96. The lowest BCUT2D eigenvalue weighted by Crippen LogP contribution is -2.48. The molecule has 0 atom stereocenters. The van der Waals surface area contributed by atoms with Crippen LogP contribution in [0.3, 0.4) is 0 Å². The Balaban J connectivity index is 1.54. The topological polar surface area (TPSA) is 55.1 Å². The fraction of sp³-hybridized carbons (Fsp3) is 0.938. The van der Waals surface area contributed by atoms with Gasteiger partial charge in [0.1, 0.15) is 0 Å². The lowest BCUT2D eigenvalue weighted by Gasteiger charge is -2.54. The summed E-state index contributed by atoms with van der Waals surface area (Å²) in [7, 11) is 0. The quantitative estimate of drug-likeness (QED) is 0.818. The standard InChI is InChI=1S/C16H28N2O/c1-16(2,17)9-18-15(19)8-14-12-4-10-3-11(6-12)7-13(14)5-10/h10-14H,3-9,17H2,1-2H3,(H,18,19). The summed E-state index contributed by atoms with van der Waals surface area (Å²) in [6.45, 7) is 4.49. The molecule has 0 saturated heterocycles. The summed E-state index contributed by atoms with van der Waals surface area (Å²) in [4.78, 5) is 12.1. The van der Waals surface area contributed by atoms with Crippen LogP contribution in [0.5, 0.6) is 0 Å². The minimum Gasteiger partial charge on any atom is -0.354 e. The van der Waals surface area contributed by atoms with E-state index in [0.717, 1.165) is 30.1 Å². The van der Waals surface area contributed by atoms with Gasteiger partial charge in [-0.25, -0.2) is 0 Å². The Morgan fingerprint density at radius 3 is 2.11 bits per heavy atom. The van der Waals surface area contributed by atoms with Gasteiger partial charge in [-0.3, -0.25) is 4.79 Å². The molecule has 4 aliphatic rings. The molecular weight excluding hydrogens is 236 g/mol. The predicted molar refractivity (Wildman–Crippen MR) is 76.4 cm³/mol. The molecule has 3 heteroatoms. The van der Waals surface area contributed by atoms with Crippen molar-refractivity contribution >= 4 is 5.91 Å². The van der Waals surface area contributed by atoms with E-state index in [1.807, 2.05) is 13.8 Å². The van der Waals surface area contributed by atoms with Crippen molar-refractivity contribution in [3.8, 4) is 0 Å². The van der Waals surface area contributed by atoms with E-state index in [0.29, 0.717) is 12.5 Å². The van der Waals surface area contributed by atoms with Crippen molar-refractivity contribution in [1.82, 2.24) is 5.32 Å². The van der Waals surface area contributed by atoms with Crippen molar-refractivity contribution in [2.45, 2.75) is 57.9 Å². The number of carbonyl (C=O) groups excluding carboxylic acids is 1. The van der Waals surface area contributed by atoms with E-state index < -0.39 is 0 Å². The van der Waals surface area contributed by atoms with E-state index in [1.54, 1.807) is 0 Å². The second kappa shape index (κ2) is 4.76. The summed E-state index contributed by atoms with van der Waals surface area (Å²) < 4.78 is 0. The van der Waals surface area contributed by atoms with Crippen molar-refractivity contribution in [2.24, 2.45) is 35.3 Å². The summed E-state index contributed by atoms with van der Waals surface area (Å²) >= 11 is 0. The first-order chi connectivity index (χ1) is 8.90. The molecule has 0 heterocycles. The average molecular weight is 264 g/mol. The smallest absolute Gasteiger partial charge is 0.220 e. The molecular formula is C16H28N2O. The van der Waals surface area contributed by atoms with E-state index in [4.69, 9.17) is 5.73 Å². The molecule has 4 bridgehead atoms. The number of amides is 1. The molecule has 4 rings (SSSR count). The Kier molecular flexibility index (Phi) is 3.36. The van der Waals surface area contributed by atoms with Crippen molar-refractivity contribution in [3.63, 3.8) is 0 Å². The maximum absolute atomic E-state index is 12.1. The van der Waals surface area contributed by atoms with Gasteiger partial charge < -0.3 is 11.1 Å². The largest absolute Gasteiger partial charge is 0.354 e. The number of rotatable bonds is 4. The summed E-state index contributed by atoms with van der Waals surface area (Å²) in [5.74, 6) is 4.54. The summed E-state index contributed by atoms with van der Waals surface area (Å²) in [6, 6.07) is 0. The molecule has 0 aromatic carbocycles. The van der Waals surface area contributed by atoms with Gasteiger partial charge in [0.15, 0.2) is 0 Å². The molecule has 4 fully saturated rings. The molecule has 0 aromatic heterocycles. The van der Waals surface area contributed by atoms with Crippen LogP contribution in [0.1, 0.15) is 52.4 Å². The molecule has 0 unspecified atom stereocenters. The maximum atomic E-state index is 12.1. The van der Waals surface area contributed by atoms with E-state index in [-0.39, 0.29) is 11.4 Å². The molecule has 4 aliphatic carbocycles. The van der Waals surface area contributed by atoms with E-state index in [9.17, 15) is 4.79 Å². The van der Waals surface area contributed by atoms with Crippen molar-refractivity contribution in [3.05, 3.63) is 0 Å². The van der Waals surface area contributed by atoms with Crippen LogP contribution in [0.25, 0.3) is 0 Å². The fourth-order valence-corrected chi connectivity index (χ4v) is 4.98. The second-order valence-electron chi connectivity index (χ2n) is 8.06. The van der Waals surface area contributed by atoms with Crippen molar-refractivity contribution in [1.29, 1.82) is 0 Å². The SMILES string of the molecule is CC(C)(N)CNC(=O)CC1C2CC3CC(C2)CC1C3. The van der Waals surface area contributed by atoms with Gasteiger partial charge in [-0.1, -0.05) is 0 Å². The number of nitrogens with one attached hydrogen (secondary N) is 1. The molecule has 3 N–H and O–H groups in total. The van der Waals surface area contributed by atoms with Gasteiger partial charge in [0.05, 0.1) is 0 Å². The lowest BCUT2D eigenvalue weighted by atomic mass is 9.51. The molecule has 1 amide bonds. The maximum Gasteiger partial charge on any atom is 0.220 e. The summed E-state index contributed by atoms with van der Waals surface area (Å²) in [6.07, 6.45) is 7.81. The minimum absolute atomic E-state index is 0.219. The summed E-state index contributed by atoms with van der Waals surface area (Å²) in [5, 5.41) is 3.02. The zero-order chi connectivity index (χ0) is 13.6. The molecule has 4 saturated carbocycles. The van der Waals surface area contributed by atoms with Crippen LogP contribution < -0.4 is 11.1 Å². The highest BCUT2D eigenvalue weighted by atomic mass is 16.1. The minimum atomic E-state index is -0.306. The van der Waals surface area contributed by atoms with Gasteiger partial charge in [-0.05, 0) is 75.5 Å². The van der Waals surface area contributed by atoms with Crippen molar-refractivity contribution in [2.75, 3.05) is 6.54 Å². The average Bonchev–Trinajstić information content (AvgIpc) is 2.29. The lowest BCUT2D eigenvalue weighted by molar-refractivity contribution is -0.126. The molecule has 0 spiro atoms. The summed E-state index contributed by atoms with van der Waals surface area (Å²) in [5.41, 5.74) is 5.61.